The number of hydrogen-bond acceptors (Lipinski definition) is 4. The lowest BCUT2D eigenvalue weighted by Gasteiger charge is -2.08. The molecule has 1 aromatic rings. The molecule has 0 spiro atoms. The molecule has 1 heterocycles. The first-order chi connectivity index (χ1) is 7.74. The van der Waals surface area contributed by atoms with E-state index in [-0.39, 0.29) is 6.03 Å². The predicted octanol–water partition coefficient (Wildman–Crippen LogP) is 1.12. The number of nitrogens with zero attached hydrogens (tertiary/aromatic N) is 1. The van der Waals surface area contributed by atoms with E-state index in [9.17, 15) is 4.79 Å². The van der Waals surface area contributed by atoms with Crippen LogP contribution in [-0.4, -0.2) is 19.2 Å². The van der Waals surface area contributed by atoms with E-state index in [1.807, 2.05) is 6.07 Å². The van der Waals surface area contributed by atoms with Gasteiger partial charge in [0.05, 0.1) is 17.1 Å². The maximum absolute atomic E-state index is 11.2. The number of carbonyl (C=O) groups excluding carboxylic acids is 1. The number of urea groups is 1. The number of amides is 2. The summed E-state index contributed by atoms with van der Waals surface area (Å²) in [5.41, 5.74) is 2.18. The van der Waals surface area contributed by atoms with Crippen LogP contribution in [0.5, 0.6) is 0 Å². The Hall–Kier alpha value is -2.42. The van der Waals surface area contributed by atoms with Crippen molar-refractivity contribution < 1.29 is 4.79 Å². The maximum Gasteiger partial charge on any atom is 0.319 e. The molecule has 0 radical (unpaired) electrons. The number of nitrogens with one attached hydrogen (secondary N) is 4. The lowest BCUT2D eigenvalue weighted by atomic mass is 10.2. The van der Waals surface area contributed by atoms with Crippen molar-refractivity contribution in [2.75, 3.05) is 23.0 Å². The number of anilines is 3. The molecule has 6 nitrogen and oxygen atoms in total. The summed E-state index contributed by atoms with van der Waals surface area (Å²) in [7, 11) is 1.54. The second-order valence-corrected chi connectivity index (χ2v) is 3.28. The normalized spacial score (nSPS) is 16.4. The second-order valence-electron chi connectivity index (χ2n) is 3.28. The lowest BCUT2D eigenvalue weighted by molar-refractivity contribution is 0.254. The van der Waals surface area contributed by atoms with Crippen molar-refractivity contribution in [3.8, 4) is 6.07 Å². The molecule has 1 aromatic carbocycles. The topological polar surface area (TPSA) is 89.0 Å². The van der Waals surface area contributed by atoms with Gasteiger partial charge in [-0.3, -0.25) is 0 Å². The Kier molecular flexibility index (Phi) is 2.52. The summed E-state index contributed by atoms with van der Waals surface area (Å²) >= 11 is 0. The molecule has 2 amide bonds. The monoisotopic (exact) mass is 217 g/mol. The summed E-state index contributed by atoms with van der Waals surface area (Å²) < 4.78 is 0. The highest BCUT2D eigenvalue weighted by Crippen LogP contribution is 2.35. The van der Waals surface area contributed by atoms with Gasteiger partial charge in [-0.05, 0) is 12.1 Å². The molecule has 1 atom stereocenters. The Bertz CT molecular complexity index is 465. The molecule has 82 valence electrons. The molecule has 0 saturated heterocycles. The van der Waals surface area contributed by atoms with Gasteiger partial charge in [0.1, 0.15) is 6.07 Å². The zero-order valence-electron chi connectivity index (χ0n) is 8.66. The van der Waals surface area contributed by atoms with Crippen LogP contribution >= 0.6 is 0 Å². The molecule has 6 heteroatoms. The van der Waals surface area contributed by atoms with Gasteiger partial charge < -0.3 is 21.3 Å². The van der Waals surface area contributed by atoms with Crippen molar-refractivity contribution in [1.82, 2.24) is 5.32 Å². The van der Waals surface area contributed by atoms with Crippen LogP contribution in [0.4, 0.5) is 21.9 Å². The zero-order valence-corrected chi connectivity index (χ0v) is 8.66. The first-order valence-corrected chi connectivity index (χ1v) is 4.79. The average Bonchev–Trinajstić information content (AvgIpc) is 2.73. The molecule has 0 aromatic heterocycles. The van der Waals surface area contributed by atoms with E-state index >= 15 is 0 Å². The Balaban J connectivity index is 2.27. The molecular formula is C10H11N5O. The van der Waals surface area contributed by atoms with Gasteiger partial charge in [0.25, 0.3) is 0 Å². The van der Waals surface area contributed by atoms with Crippen LogP contribution in [0, 0.1) is 11.3 Å². The molecule has 16 heavy (non-hydrogen) atoms. The summed E-state index contributed by atoms with van der Waals surface area (Å²) in [5, 5.41) is 19.9. The van der Waals surface area contributed by atoms with E-state index in [2.05, 4.69) is 27.3 Å². The Labute approximate surface area is 92.6 Å². The van der Waals surface area contributed by atoms with Crippen molar-refractivity contribution in [2.45, 2.75) is 6.17 Å². The van der Waals surface area contributed by atoms with E-state index in [0.29, 0.717) is 5.69 Å². The Morgan fingerprint density at radius 2 is 2.31 bits per heavy atom. The van der Waals surface area contributed by atoms with Crippen LogP contribution in [0.25, 0.3) is 0 Å². The number of fused-ring (bicyclic) bond motifs is 1. The van der Waals surface area contributed by atoms with E-state index < -0.39 is 6.17 Å². The fourth-order valence-electron chi connectivity index (χ4n) is 1.52. The zero-order chi connectivity index (χ0) is 11.5. The van der Waals surface area contributed by atoms with Gasteiger partial charge in [0.15, 0.2) is 6.17 Å². The Morgan fingerprint density at radius 1 is 1.50 bits per heavy atom. The van der Waals surface area contributed by atoms with E-state index in [1.165, 1.54) is 0 Å². The number of benzene rings is 1. The fraction of sp³-hybridized carbons (Fsp3) is 0.200. The highest BCUT2D eigenvalue weighted by atomic mass is 16.2. The number of carbonyl (C=O) groups is 1. The third-order valence-corrected chi connectivity index (χ3v) is 2.26. The smallest absolute Gasteiger partial charge is 0.319 e. The van der Waals surface area contributed by atoms with Gasteiger partial charge in [-0.25, -0.2) is 4.79 Å². The first kappa shape index (κ1) is 10.1. The minimum Gasteiger partial charge on any atom is -0.352 e. The summed E-state index contributed by atoms with van der Waals surface area (Å²) in [6.07, 6.45) is -0.456. The van der Waals surface area contributed by atoms with Gasteiger partial charge in [0.2, 0.25) is 0 Å². The molecule has 1 aliphatic rings. The molecule has 1 aliphatic heterocycles. The lowest BCUT2D eigenvalue weighted by Crippen LogP contribution is -2.25. The standard InChI is InChI=1S/C10H11N5O/c1-12-10(16)14-7-4-2-3-6-9(7)15-8(5-11)13-6/h2-4,8,13,15H,1H3,(H2,12,14,16). The summed E-state index contributed by atoms with van der Waals surface area (Å²) in [5.74, 6) is 0. The van der Waals surface area contributed by atoms with Crippen molar-refractivity contribution in [2.24, 2.45) is 0 Å². The van der Waals surface area contributed by atoms with Crippen LogP contribution in [0.2, 0.25) is 0 Å². The van der Waals surface area contributed by atoms with E-state index in [0.717, 1.165) is 11.4 Å². The highest BCUT2D eigenvalue weighted by Gasteiger charge is 2.21. The fourth-order valence-corrected chi connectivity index (χ4v) is 1.52. The molecule has 0 fully saturated rings. The van der Waals surface area contributed by atoms with Crippen LogP contribution in [0.3, 0.4) is 0 Å². The molecule has 1 unspecified atom stereocenters. The number of nitriles is 1. The summed E-state index contributed by atoms with van der Waals surface area (Å²) in [4.78, 5) is 11.2. The first-order valence-electron chi connectivity index (χ1n) is 4.79. The number of para-hydroxylation sites is 1. The summed E-state index contributed by atoms with van der Waals surface area (Å²) in [6.45, 7) is 0. The van der Waals surface area contributed by atoms with Crippen molar-refractivity contribution in [1.29, 1.82) is 5.26 Å². The molecule has 0 aliphatic carbocycles. The average molecular weight is 217 g/mol. The Morgan fingerprint density at radius 3 is 3.00 bits per heavy atom. The van der Waals surface area contributed by atoms with Crippen molar-refractivity contribution in [3.05, 3.63) is 18.2 Å². The summed E-state index contributed by atoms with van der Waals surface area (Å²) in [6, 6.07) is 7.17. The van der Waals surface area contributed by atoms with E-state index in [1.54, 1.807) is 19.2 Å². The van der Waals surface area contributed by atoms with Gasteiger partial charge in [-0.2, -0.15) is 5.26 Å². The van der Waals surface area contributed by atoms with Gasteiger partial charge >= 0.3 is 6.03 Å². The quantitative estimate of drug-likeness (QED) is 0.567. The van der Waals surface area contributed by atoms with Crippen LogP contribution in [-0.2, 0) is 0 Å². The van der Waals surface area contributed by atoms with Crippen LogP contribution in [0.15, 0.2) is 18.2 Å². The second kappa shape index (κ2) is 3.98. The molecular weight excluding hydrogens is 206 g/mol. The molecule has 0 saturated carbocycles. The van der Waals surface area contributed by atoms with Gasteiger partial charge in [-0.1, -0.05) is 6.07 Å². The molecule has 0 bridgehead atoms. The SMILES string of the molecule is CNC(=O)Nc1cccc2c1NC(C#N)N2. The third kappa shape index (κ3) is 1.70. The third-order valence-electron chi connectivity index (χ3n) is 2.26. The van der Waals surface area contributed by atoms with Crippen molar-refractivity contribution in [3.63, 3.8) is 0 Å². The largest absolute Gasteiger partial charge is 0.352 e. The van der Waals surface area contributed by atoms with Crippen LogP contribution < -0.4 is 21.3 Å². The van der Waals surface area contributed by atoms with Crippen molar-refractivity contribution >= 4 is 23.1 Å². The van der Waals surface area contributed by atoms with Crippen LogP contribution in [0.1, 0.15) is 0 Å². The minimum absolute atomic E-state index is 0.296. The predicted molar refractivity (Wildman–Crippen MR) is 61.2 cm³/mol. The molecule has 4 N–H and O–H groups in total. The minimum atomic E-state index is -0.456. The van der Waals surface area contributed by atoms with E-state index in [4.69, 9.17) is 5.26 Å². The number of rotatable bonds is 1. The highest BCUT2D eigenvalue weighted by molar-refractivity contribution is 5.97. The van der Waals surface area contributed by atoms with Gasteiger partial charge in [-0.15, -0.1) is 0 Å². The number of hydrogen-bond donors (Lipinski definition) is 4. The maximum atomic E-state index is 11.2. The molecule has 2 rings (SSSR count). The van der Waals surface area contributed by atoms with Gasteiger partial charge in [0, 0.05) is 7.05 Å².